The van der Waals surface area contributed by atoms with Crippen LogP contribution in [0.1, 0.15) is 11.3 Å². The summed E-state index contributed by atoms with van der Waals surface area (Å²) in [6, 6.07) is 14.3. The van der Waals surface area contributed by atoms with Gasteiger partial charge in [-0.15, -0.1) is 0 Å². The van der Waals surface area contributed by atoms with Crippen LogP contribution in [0, 0.1) is 17.0 Å². The van der Waals surface area contributed by atoms with Crippen molar-refractivity contribution in [3.05, 3.63) is 80.3 Å². The zero-order valence-electron chi connectivity index (χ0n) is 17.4. The number of nitro benzene ring substituents is 1. The van der Waals surface area contributed by atoms with Gasteiger partial charge in [-0.05, 0) is 30.7 Å². The molecule has 0 unspecified atom stereocenters. The lowest BCUT2D eigenvalue weighted by Gasteiger charge is -2.28. The maximum absolute atomic E-state index is 13.0. The maximum atomic E-state index is 13.0. The van der Waals surface area contributed by atoms with Gasteiger partial charge in [0.2, 0.25) is 0 Å². The summed E-state index contributed by atoms with van der Waals surface area (Å²) in [7, 11) is 1.80. The number of anilines is 1. The summed E-state index contributed by atoms with van der Waals surface area (Å²) < 4.78 is 8.62. The molecule has 1 fully saturated rings. The van der Waals surface area contributed by atoms with Crippen LogP contribution in [0.4, 0.5) is 17.1 Å². The lowest BCUT2D eigenvalue weighted by Crippen LogP contribution is -2.36. The van der Waals surface area contributed by atoms with Gasteiger partial charge in [-0.1, -0.05) is 24.3 Å². The van der Waals surface area contributed by atoms with Gasteiger partial charge in [0.15, 0.2) is 5.69 Å². The summed E-state index contributed by atoms with van der Waals surface area (Å²) >= 11 is 0. The van der Waals surface area contributed by atoms with E-state index in [1.807, 2.05) is 42.2 Å². The fraction of sp³-hybridized carbons (Fsp3) is 0.273. The van der Waals surface area contributed by atoms with Crippen LogP contribution in [0.2, 0.25) is 0 Å². The van der Waals surface area contributed by atoms with Crippen molar-refractivity contribution in [1.29, 1.82) is 0 Å². The molecule has 160 valence electrons. The van der Waals surface area contributed by atoms with Crippen molar-refractivity contribution in [2.24, 2.45) is 12.0 Å². The second-order valence-electron chi connectivity index (χ2n) is 7.27. The monoisotopic (exact) mass is 421 g/mol. The molecular formula is C22H23N5O4. The van der Waals surface area contributed by atoms with Gasteiger partial charge in [0.1, 0.15) is 5.69 Å². The number of ether oxygens (including phenoxy) is 1. The first-order valence-corrected chi connectivity index (χ1v) is 9.96. The van der Waals surface area contributed by atoms with E-state index in [-0.39, 0.29) is 11.2 Å². The van der Waals surface area contributed by atoms with Gasteiger partial charge in [0.05, 0.1) is 29.5 Å². The summed E-state index contributed by atoms with van der Waals surface area (Å²) in [5.41, 5.74) is 2.62. The molecule has 2 aromatic carbocycles. The molecule has 31 heavy (non-hydrogen) atoms. The molecule has 1 aliphatic rings. The third-order valence-corrected chi connectivity index (χ3v) is 5.41. The minimum Gasteiger partial charge on any atom is -0.378 e. The van der Waals surface area contributed by atoms with Gasteiger partial charge in [0, 0.05) is 32.4 Å². The number of morpholine rings is 1. The topological polar surface area (TPSA) is 94.9 Å². The molecule has 1 saturated heterocycles. The number of aromatic nitrogens is 2. The first-order valence-electron chi connectivity index (χ1n) is 9.96. The molecule has 0 bridgehead atoms. The van der Waals surface area contributed by atoms with E-state index in [1.165, 1.54) is 12.3 Å². The summed E-state index contributed by atoms with van der Waals surface area (Å²) in [5.74, 6) is 0. The highest BCUT2D eigenvalue weighted by Gasteiger charge is 2.22. The zero-order chi connectivity index (χ0) is 22.0. The number of para-hydroxylation sites is 1. The Balaban J connectivity index is 1.68. The van der Waals surface area contributed by atoms with E-state index in [2.05, 4.69) is 4.99 Å². The number of rotatable bonds is 5. The van der Waals surface area contributed by atoms with Crippen LogP contribution >= 0.6 is 0 Å². The molecule has 0 radical (unpaired) electrons. The van der Waals surface area contributed by atoms with Crippen molar-refractivity contribution in [2.75, 3.05) is 31.2 Å². The van der Waals surface area contributed by atoms with E-state index >= 15 is 0 Å². The molecule has 2 heterocycles. The Kier molecular flexibility index (Phi) is 5.68. The van der Waals surface area contributed by atoms with Crippen LogP contribution in [0.5, 0.6) is 0 Å². The van der Waals surface area contributed by atoms with Gasteiger partial charge in [-0.2, -0.15) is 0 Å². The molecule has 4 rings (SSSR count). The minimum absolute atomic E-state index is 0.0114. The van der Waals surface area contributed by atoms with Gasteiger partial charge < -0.3 is 9.64 Å². The summed E-state index contributed by atoms with van der Waals surface area (Å²) in [6.45, 7) is 4.12. The number of hydrogen-bond acceptors (Lipinski definition) is 6. The largest absolute Gasteiger partial charge is 0.378 e. The van der Waals surface area contributed by atoms with Crippen molar-refractivity contribution < 1.29 is 9.66 Å². The molecule has 1 aromatic heterocycles. The van der Waals surface area contributed by atoms with E-state index in [0.717, 1.165) is 5.69 Å². The SMILES string of the molecule is Cc1c(N=Cc2ccc(N3CCOCC3)c([N+](=O)[O-])c2)c(=O)n(-c2ccccc2)n1C. The Bertz CT molecular complexity index is 1190. The molecular weight excluding hydrogens is 398 g/mol. The number of nitro groups is 1. The fourth-order valence-corrected chi connectivity index (χ4v) is 3.68. The molecule has 0 spiro atoms. The Morgan fingerprint density at radius 1 is 1.13 bits per heavy atom. The van der Waals surface area contributed by atoms with Gasteiger partial charge in [-0.3, -0.25) is 19.6 Å². The third-order valence-electron chi connectivity index (χ3n) is 5.41. The van der Waals surface area contributed by atoms with Crippen molar-refractivity contribution in [3.63, 3.8) is 0 Å². The van der Waals surface area contributed by atoms with Crippen LogP contribution in [0.15, 0.2) is 58.3 Å². The molecule has 3 aromatic rings. The predicted molar refractivity (Wildman–Crippen MR) is 119 cm³/mol. The lowest BCUT2D eigenvalue weighted by molar-refractivity contribution is -0.384. The molecule has 0 aliphatic carbocycles. The summed E-state index contributed by atoms with van der Waals surface area (Å²) in [6.07, 6.45) is 1.50. The predicted octanol–water partition coefficient (Wildman–Crippen LogP) is 2.98. The standard InChI is InChI=1S/C22H23N5O4/c1-16-21(22(28)26(24(16)2)18-6-4-3-5-7-18)23-15-17-8-9-19(20(14-17)27(29)30)25-10-12-31-13-11-25/h3-9,14-15H,10-13H2,1-2H3. The molecule has 0 atom stereocenters. The lowest BCUT2D eigenvalue weighted by atomic mass is 10.1. The van der Waals surface area contributed by atoms with E-state index in [9.17, 15) is 14.9 Å². The number of benzene rings is 2. The summed E-state index contributed by atoms with van der Waals surface area (Å²) in [5, 5.41) is 11.7. The number of aliphatic imine (C=N–C) groups is 1. The van der Waals surface area contributed by atoms with E-state index in [0.29, 0.717) is 48.9 Å². The Morgan fingerprint density at radius 2 is 1.84 bits per heavy atom. The van der Waals surface area contributed by atoms with Crippen LogP contribution in [-0.2, 0) is 11.8 Å². The van der Waals surface area contributed by atoms with Gasteiger partial charge >= 0.3 is 0 Å². The normalized spacial score (nSPS) is 14.3. The minimum atomic E-state index is -0.391. The highest BCUT2D eigenvalue weighted by Crippen LogP contribution is 2.29. The van der Waals surface area contributed by atoms with Crippen molar-refractivity contribution in [2.45, 2.75) is 6.92 Å². The van der Waals surface area contributed by atoms with Crippen LogP contribution < -0.4 is 10.5 Å². The van der Waals surface area contributed by atoms with Crippen molar-refractivity contribution in [1.82, 2.24) is 9.36 Å². The first-order chi connectivity index (χ1) is 15.0. The molecule has 9 heteroatoms. The Hall–Kier alpha value is -3.72. The quantitative estimate of drug-likeness (QED) is 0.359. The van der Waals surface area contributed by atoms with Gasteiger partial charge in [-0.25, -0.2) is 9.67 Å². The Labute approximate surface area is 178 Å². The average Bonchev–Trinajstić information content (AvgIpc) is 3.01. The number of hydrogen-bond donors (Lipinski definition) is 0. The first kappa shape index (κ1) is 20.5. The molecule has 9 nitrogen and oxygen atoms in total. The second kappa shape index (κ2) is 8.57. The third kappa shape index (κ3) is 3.99. The van der Waals surface area contributed by atoms with Crippen LogP contribution in [-0.4, -0.2) is 46.8 Å². The summed E-state index contributed by atoms with van der Waals surface area (Å²) in [4.78, 5) is 30.6. The van der Waals surface area contributed by atoms with Crippen molar-refractivity contribution in [3.8, 4) is 5.69 Å². The highest BCUT2D eigenvalue weighted by molar-refractivity contribution is 5.85. The molecule has 0 amide bonds. The van der Waals surface area contributed by atoms with Crippen LogP contribution in [0.3, 0.4) is 0 Å². The average molecular weight is 421 g/mol. The van der Waals surface area contributed by atoms with E-state index in [4.69, 9.17) is 4.74 Å². The Morgan fingerprint density at radius 3 is 2.52 bits per heavy atom. The van der Waals surface area contributed by atoms with Crippen molar-refractivity contribution >= 4 is 23.3 Å². The van der Waals surface area contributed by atoms with Crippen LogP contribution in [0.25, 0.3) is 5.69 Å². The highest BCUT2D eigenvalue weighted by atomic mass is 16.6. The smallest absolute Gasteiger partial charge is 0.297 e. The van der Waals surface area contributed by atoms with E-state index < -0.39 is 4.92 Å². The maximum Gasteiger partial charge on any atom is 0.297 e. The molecule has 0 saturated carbocycles. The van der Waals surface area contributed by atoms with E-state index in [1.54, 1.807) is 28.5 Å². The zero-order valence-corrected chi connectivity index (χ0v) is 17.4. The second-order valence-corrected chi connectivity index (χ2v) is 7.27. The molecule has 0 N–H and O–H groups in total. The fourth-order valence-electron chi connectivity index (χ4n) is 3.68. The molecule has 1 aliphatic heterocycles. The number of nitrogens with zero attached hydrogens (tertiary/aromatic N) is 5. The van der Waals surface area contributed by atoms with Gasteiger partial charge in [0.25, 0.3) is 11.2 Å².